The molecular weight excluding hydrogens is 296 g/mol. The Morgan fingerprint density at radius 2 is 1.83 bits per heavy atom. The summed E-state index contributed by atoms with van der Waals surface area (Å²) in [7, 11) is 0. The van der Waals surface area contributed by atoms with E-state index in [1.165, 1.54) is 24.8 Å². The van der Waals surface area contributed by atoms with Crippen molar-refractivity contribution in [2.45, 2.75) is 71.5 Å². The Kier molecular flexibility index (Phi) is 3.76. The average molecular weight is 328 g/mol. The van der Waals surface area contributed by atoms with Gasteiger partial charge in [0.05, 0.1) is 6.10 Å². The van der Waals surface area contributed by atoms with Crippen LogP contribution in [0.4, 0.5) is 0 Å². The number of rotatable bonds is 2. The Hall–Kier alpha value is -1.02. The van der Waals surface area contributed by atoms with E-state index in [2.05, 4.69) is 52.0 Å². The summed E-state index contributed by atoms with van der Waals surface area (Å²) in [6, 6.07) is 8.56. The van der Waals surface area contributed by atoms with E-state index < -0.39 is 0 Å². The SMILES string of the molecule is CC(C)[C@H](O)[C@@H]1CC[C@@]2(C)CC[C@H]3Cc4ccccc4O[C@]3(C)[C@@H]12. The molecule has 1 N–H and O–H groups in total. The minimum atomic E-state index is -0.215. The molecule has 0 bridgehead atoms. The van der Waals surface area contributed by atoms with Crippen LogP contribution in [0.3, 0.4) is 0 Å². The monoisotopic (exact) mass is 328 g/mol. The van der Waals surface area contributed by atoms with Crippen LogP contribution in [0, 0.1) is 29.1 Å². The first kappa shape index (κ1) is 16.4. The van der Waals surface area contributed by atoms with Gasteiger partial charge in [-0.2, -0.15) is 0 Å². The van der Waals surface area contributed by atoms with Gasteiger partial charge < -0.3 is 9.84 Å². The largest absolute Gasteiger partial charge is 0.487 e. The molecule has 0 amide bonds. The molecule has 1 heterocycles. The number of aliphatic hydroxyl groups excluding tert-OH is 1. The van der Waals surface area contributed by atoms with Crippen molar-refractivity contribution in [3.63, 3.8) is 0 Å². The van der Waals surface area contributed by atoms with Crippen LogP contribution in [0.1, 0.15) is 58.9 Å². The Morgan fingerprint density at radius 1 is 1.12 bits per heavy atom. The third kappa shape index (κ3) is 2.25. The van der Waals surface area contributed by atoms with Crippen LogP contribution in [-0.4, -0.2) is 16.8 Å². The van der Waals surface area contributed by atoms with Gasteiger partial charge in [0.25, 0.3) is 0 Å². The first-order valence-corrected chi connectivity index (χ1v) is 9.80. The molecule has 2 aliphatic carbocycles. The minimum Gasteiger partial charge on any atom is -0.487 e. The quantitative estimate of drug-likeness (QED) is 0.842. The zero-order valence-electron chi connectivity index (χ0n) is 15.6. The van der Waals surface area contributed by atoms with Gasteiger partial charge in [-0.15, -0.1) is 0 Å². The number of fused-ring (bicyclic) bond motifs is 4. The fourth-order valence-corrected chi connectivity index (χ4v) is 6.37. The summed E-state index contributed by atoms with van der Waals surface area (Å²) in [5, 5.41) is 10.9. The van der Waals surface area contributed by atoms with Crippen molar-refractivity contribution in [3.05, 3.63) is 29.8 Å². The highest BCUT2D eigenvalue weighted by Gasteiger charge is 2.62. The van der Waals surface area contributed by atoms with Crippen LogP contribution in [0.2, 0.25) is 0 Å². The van der Waals surface area contributed by atoms with Crippen LogP contribution in [0.25, 0.3) is 0 Å². The molecule has 0 spiro atoms. The Bertz CT molecular complexity index is 624. The molecule has 2 heteroatoms. The highest BCUT2D eigenvalue weighted by molar-refractivity contribution is 5.37. The van der Waals surface area contributed by atoms with Gasteiger partial charge in [0, 0.05) is 11.8 Å². The molecule has 3 aliphatic rings. The maximum absolute atomic E-state index is 10.9. The maximum atomic E-state index is 10.9. The lowest BCUT2D eigenvalue weighted by Crippen LogP contribution is -2.60. The summed E-state index contributed by atoms with van der Waals surface area (Å²) in [5.74, 6) is 2.79. The smallest absolute Gasteiger partial charge is 0.123 e. The molecule has 1 aliphatic heterocycles. The molecule has 24 heavy (non-hydrogen) atoms. The van der Waals surface area contributed by atoms with Crippen LogP contribution in [0.5, 0.6) is 5.75 Å². The van der Waals surface area contributed by atoms with Crippen molar-refractivity contribution < 1.29 is 9.84 Å². The lowest BCUT2D eigenvalue weighted by Gasteiger charge is -2.57. The number of hydrogen-bond acceptors (Lipinski definition) is 2. The predicted octanol–water partition coefficient (Wildman–Crippen LogP) is 4.84. The Morgan fingerprint density at radius 3 is 2.58 bits per heavy atom. The molecule has 0 aromatic heterocycles. The molecule has 0 unspecified atom stereocenters. The van der Waals surface area contributed by atoms with Crippen LogP contribution in [0.15, 0.2) is 24.3 Å². The Balaban J connectivity index is 1.75. The summed E-state index contributed by atoms with van der Waals surface area (Å²) in [5.41, 5.74) is 1.54. The third-order valence-corrected chi connectivity index (χ3v) is 7.61. The molecule has 132 valence electrons. The fourth-order valence-electron chi connectivity index (χ4n) is 6.37. The average Bonchev–Trinajstić information content (AvgIpc) is 2.91. The van der Waals surface area contributed by atoms with E-state index in [1.807, 2.05) is 0 Å². The molecule has 6 atom stereocenters. The van der Waals surface area contributed by atoms with E-state index in [0.29, 0.717) is 29.1 Å². The predicted molar refractivity (Wildman–Crippen MR) is 97.1 cm³/mol. The van der Waals surface area contributed by atoms with Crippen molar-refractivity contribution in [2.24, 2.45) is 29.1 Å². The van der Waals surface area contributed by atoms with E-state index in [4.69, 9.17) is 4.74 Å². The van der Waals surface area contributed by atoms with E-state index in [1.54, 1.807) is 0 Å². The van der Waals surface area contributed by atoms with Gasteiger partial charge in [-0.05, 0) is 67.9 Å². The second kappa shape index (κ2) is 5.49. The second-order valence-corrected chi connectivity index (χ2v) is 9.40. The zero-order chi connectivity index (χ0) is 17.1. The van der Waals surface area contributed by atoms with Crippen LogP contribution in [-0.2, 0) is 6.42 Å². The van der Waals surface area contributed by atoms with Gasteiger partial charge >= 0.3 is 0 Å². The normalized spacial score (nSPS) is 42.0. The van der Waals surface area contributed by atoms with Crippen LogP contribution >= 0.6 is 0 Å². The number of benzene rings is 1. The summed E-state index contributed by atoms with van der Waals surface area (Å²) in [6.07, 6.45) is 5.83. The summed E-state index contributed by atoms with van der Waals surface area (Å²) in [4.78, 5) is 0. The summed E-state index contributed by atoms with van der Waals surface area (Å²) < 4.78 is 6.75. The first-order chi connectivity index (χ1) is 11.3. The number of ether oxygens (including phenoxy) is 1. The lowest BCUT2D eigenvalue weighted by atomic mass is 9.54. The molecular formula is C22H32O2. The summed E-state index contributed by atoms with van der Waals surface area (Å²) >= 11 is 0. The highest BCUT2D eigenvalue weighted by atomic mass is 16.5. The van der Waals surface area contributed by atoms with Crippen molar-refractivity contribution in [1.29, 1.82) is 0 Å². The fraction of sp³-hybridized carbons (Fsp3) is 0.727. The molecule has 0 saturated heterocycles. The van der Waals surface area contributed by atoms with Crippen molar-refractivity contribution >= 4 is 0 Å². The molecule has 1 aromatic rings. The topological polar surface area (TPSA) is 29.5 Å². The van der Waals surface area contributed by atoms with E-state index >= 15 is 0 Å². The molecule has 0 radical (unpaired) electrons. The van der Waals surface area contributed by atoms with Gasteiger partial charge in [-0.3, -0.25) is 0 Å². The van der Waals surface area contributed by atoms with Gasteiger partial charge in [-0.1, -0.05) is 39.0 Å². The standard InChI is InChI=1S/C22H32O2/c1-14(2)19(23)17-10-12-21(3)11-9-16-13-15-7-5-6-8-18(15)24-22(16,4)20(17)21/h5-8,14,16-17,19-20,23H,9-13H2,1-4H3/t16-,17-,19-,20-,21+,22-/m0/s1. The van der Waals surface area contributed by atoms with Crippen molar-refractivity contribution in [2.75, 3.05) is 0 Å². The van der Waals surface area contributed by atoms with Gasteiger partial charge in [0.2, 0.25) is 0 Å². The minimum absolute atomic E-state index is 0.140. The number of hydrogen-bond donors (Lipinski definition) is 1. The van der Waals surface area contributed by atoms with E-state index in [9.17, 15) is 5.11 Å². The van der Waals surface area contributed by atoms with Gasteiger partial charge in [0.15, 0.2) is 0 Å². The third-order valence-electron chi connectivity index (χ3n) is 7.61. The highest BCUT2D eigenvalue weighted by Crippen LogP contribution is 2.63. The van der Waals surface area contributed by atoms with Gasteiger partial charge in [0.1, 0.15) is 11.4 Å². The number of aliphatic hydroxyl groups is 1. The number of para-hydroxylation sites is 1. The Labute approximate surface area is 146 Å². The molecule has 1 aromatic carbocycles. The molecule has 2 saturated carbocycles. The maximum Gasteiger partial charge on any atom is 0.123 e. The second-order valence-electron chi connectivity index (χ2n) is 9.40. The molecule has 2 fully saturated rings. The lowest BCUT2D eigenvalue weighted by molar-refractivity contribution is -0.143. The van der Waals surface area contributed by atoms with E-state index in [-0.39, 0.29) is 11.7 Å². The first-order valence-electron chi connectivity index (χ1n) is 9.80. The van der Waals surface area contributed by atoms with Crippen molar-refractivity contribution in [3.8, 4) is 5.75 Å². The zero-order valence-corrected chi connectivity index (χ0v) is 15.6. The summed E-state index contributed by atoms with van der Waals surface area (Å²) in [6.45, 7) is 9.11. The van der Waals surface area contributed by atoms with Gasteiger partial charge in [-0.25, -0.2) is 0 Å². The van der Waals surface area contributed by atoms with E-state index in [0.717, 1.165) is 18.6 Å². The molecule has 2 nitrogen and oxygen atoms in total. The van der Waals surface area contributed by atoms with Crippen molar-refractivity contribution in [1.82, 2.24) is 0 Å². The van der Waals surface area contributed by atoms with Crippen LogP contribution < -0.4 is 4.74 Å². The molecule has 4 rings (SSSR count).